The molecule has 0 bridgehead atoms. The minimum absolute atomic E-state index is 0.210. The van der Waals surface area contributed by atoms with Crippen LogP contribution in [0.5, 0.6) is 0 Å². The maximum atomic E-state index is 12.9. The molecule has 0 heterocycles. The lowest BCUT2D eigenvalue weighted by molar-refractivity contribution is -0.385. The van der Waals surface area contributed by atoms with Crippen molar-refractivity contribution in [1.82, 2.24) is 5.32 Å². The molecule has 0 aliphatic heterocycles. The first-order valence-electron chi connectivity index (χ1n) is 4.28. The Morgan fingerprint density at radius 3 is 2.79 bits per heavy atom. The first-order valence-corrected chi connectivity index (χ1v) is 4.28. The van der Waals surface area contributed by atoms with E-state index in [-0.39, 0.29) is 5.69 Å². The Kier molecular flexibility index (Phi) is 3.53. The summed E-state index contributed by atoms with van der Waals surface area (Å²) in [6.45, 7) is 3.09. The van der Waals surface area contributed by atoms with Crippen molar-refractivity contribution < 1.29 is 9.31 Å². The SMILES string of the molecule is CCNCc1cc(F)cc([N+](=O)[O-])c1. The molecule has 76 valence electrons. The standard InChI is InChI=1S/C9H11FN2O2/c1-2-11-6-7-3-8(10)5-9(4-7)12(13)14/h3-5,11H,2,6H2,1H3. The number of benzene rings is 1. The van der Waals surface area contributed by atoms with Gasteiger partial charge in [-0.1, -0.05) is 6.92 Å². The van der Waals surface area contributed by atoms with Crippen molar-refractivity contribution in [1.29, 1.82) is 0 Å². The van der Waals surface area contributed by atoms with Crippen LogP contribution in [0.2, 0.25) is 0 Å². The fourth-order valence-corrected chi connectivity index (χ4v) is 1.11. The molecule has 0 aliphatic rings. The van der Waals surface area contributed by atoms with Gasteiger partial charge in [0.05, 0.1) is 11.0 Å². The van der Waals surface area contributed by atoms with Crippen LogP contribution in [0.25, 0.3) is 0 Å². The highest BCUT2D eigenvalue weighted by Gasteiger charge is 2.08. The normalized spacial score (nSPS) is 10.1. The molecule has 0 spiro atoms. The largest absolute Gasteiger partial charge is 0.313 e. The van der Waals surface area contributed by atoms with E-state index in [2.05, 4.69) is 5.32 Å². The summed E-state index contributed by atoms with van der Waals surface area (Å²) in [6.07, 6.45) is 0. The van der Waals surface area contributed by atoms with Gasteiger partial charge in [0.2, 0.25) is 0 Å². The number of nitro groups is 1. The molecule has 5 heteroatoms. The van der Waals surface area contributed by atoms with Gasteiger partial charge in [0.25, 0.3) is 5.69 Å². The van der Waals surface area contributed by atoms with E-state index in [4.69, 9.17) is 0 Å². The molecule has 0 saturated heterocycles. The van der Waals surface area contributed by atoms with Gasteiger partial charge in [-0.15, -0.1) is 0 Å². The number of hydrogen-bond acceptors (Lipinski definition) is 3. The molecule has 0 atom stereocenters. The predicted octanol–water partition coefficient (Wildman–Crippen LogP) is 1.84. The lowest BCUT2D eigenvalue weighted by Gasteiger charge is -2.01. The molecule has 1 rings (SSSR count). The zero-order valence-corrected chi connectivity index (χ0v) is 7.79. The summed E-state index contributed by atoms with van der Waals surface area (Å²) < 4.78 is 12.9. The monoisotopic (exact) mass is 198 g/mol. The molecule has 1 N–H and O–H groups in total. The lowest BCUT2D eigenvalue weighted by atomic mass is 10.2. The third-order valence-corrected chi connectivity index (χ3v) is 1.73. The van der Waals surface area contributed by atoms with E-state index >= 15 is 0 Å². The molecular formula is C9H11FN2O2. The van der Waals surface area contributed by atoms with Crippen molar-refractivity contribution in [3.05, 3.63) is 39.7 Å². The average Bonchev–Trinajstić information content (AvgIpc) is 2.14. The quantitative estimate of drug-likeness (QED) is 0.593. The van der Waals surface area contributed by atoms with E-state index in [1.54, 1.807) is 0 Å². The molecule has 4 nitrogen and oxygen atoms in total. The number of nitro benzene ring substituents is 1. The zero-order valence-electron chi connectivity index (χ0n) is 7.79. The predicted molar refractivity (Wildman–Crippen MR) is 50.4 cm³/mol. The Bertz CT molecular complexity index is 342. The second kappa shape index (κ2) is 4.66. The maximum Gasteiger partial charge on any atom is 0.272 e. The lowest BCUT2D eigenvalue weighted by Crippen LogP contribution is -2.12. The van der Waals surface area contributed by atoms with Crippen LogP contribution in [0.3, 0.4) is 0 Å². The zero-order chi connectivity index (χ0) is 10.6. The smallest absolute Gasteiger partial charge is 0.272 e. The fourth-order valence-electron chi connectivity index (χ4n) is 1.11. The van der Waals surface area contributed by atoms with Gasteiger partial charge in [-0.2, -0.15) is 0 Å². The highest BCUT2D eigenvalue weighted by atomic mass is 19.1. The third kappa shape index (κ3) is 2.77. The van der Waals surface area contributed by atoms with E-state index < -0.39 is 10.7 Å². The fraction of sp³-hybridized carbons (Fsp3) is 0.333. The van der Waals surface area contributed by atoms with Crippen LogP contribution in [0.1, 0.15) is 12.5 Å². The molecule has 1 aromatic carbocycles. The molecule has 0 aliphatic carbocycles. The third-order valence-electron chi connectivity index (χ3n) is 1.73. The van der Waals surface area contributed by atoms with Gasteiger partial charge in [-0.05, 0) is 18.2 Å². The summed E-state index contributed by atoms with van der Waals surface area (Å²) in [6, 6.07) is 3.57. The number of non-ortho nitro benzene ring substituents is 1. The highest BCUT2D eigenvalue weighted by molar-refractivity contribution is 5.35. The van der Waals surface area contributed by atoms with Gasteiger partial charge in [0.1, 0.15) is 5.82 Å². The minimum Gasteiger partial charge on any atom is -0.313 e. The average molecular weight is 198 g/mol. The van der Waals surface area contributed by atoms with Gasteiger partial charge in [-0.25, -0.2) is 4.39 Å². The second-order valence-corrected chi connectivity index (χ2v) is 2.86. The summed E-state index contributed by atoms with van der Waals surface area (Å²) in [5.41, 5.74) is 0.372. The van der Waals surface area contributed by atoms with Crippen LogP contribution in [0.4, 0.5) is 10.1 Å². The molecule has 0 unspecified atom stereocenters. The number of nitrogens with zero attached hydrogens (tertiary/aromatic N) is 1. The summed E-state index contributed by atoms with van der Waals surface area (Å²) in [4.78, 5) is 9.80. The van der Waals surface area contributed by atoms with Crippen LogP contribution >= 0.6 is 0 Å². The molecule has 0 aromatic heterocycles. The van der Waals surface area contributed by atoms with E-state index in [0.717, 1.165) is 12.6 Å². The first-order chi connectivity index (χ1) is 6.63. The molecular weight excluding hydrogens is 187 g/mol. The van der Waals surface area contributed by atoms with Crippen molar-refractivity contribution in [3.8, 4) is 0 Å². The molecule has 14 heavy (non-hydrogen) atoms. The number of rotatable bonds is 4. The van der Waals surface area contributed by atoms with Gasteiger partial charge in [-0.3, -0.25) is 10.1 Å². The molecule has 0 saturated carbocycles. The topological polar surface area (TPSA) is 55.2 Å². The number of nitrogens with one attached hydrogen (secondary N) is 1. The van der Waals surface area contributed by atoms with E-state index in [1.165, 1.54) is 12.1 Å². The van der Waals surface area contributed by atoms with Gasteiger partial charge < -0.3 is 5.32 Å². The second-order valence-electron chi connectivity index (χ2n) is 2.86. The maximum absolute atomic E-state index is 12.9. The summed E-state index contributed by atoms with van der Waals surface area (Å²) in [5, 5.41) is 13.4. The van der Waals surface area contributed by atoms with Crippen molar-refractivity contribution in [2.75, 3.05) is 6.54 Å². The summed E-state index contributed by atoms with van der Waals surface area (Å²) in [7, 11) is 0. The number of hydrogen-bond donors (Lipinski definition) is 1. The molecule has 0 amide bonds. The molecule has 1 aromatic rings. The molecule has 0 fully saturated rings. The van der Waals surface area contributed by atoms with Crippen LogP contribution in [-0.4, -0.2) is 11.5 Å². The summed E-state index contributed by atoms with van der Waals surface area (Å²) >= 11 is 0. The number of halogens is 1. The van der Waals surface area contributed by atoms with Crippen LogP contribution in [-0.2, 0) is 6.54 Å². The first kappa shape index (κ1) is 10.6. The Morgan fingerprint density at radius 1 is 1.50 bits per heavy atom. The van der Waals surface area contributed by atoms with Crippen molar-refractivity contribution >= 4 is 5.69 Å². The van der Waals surface area contributed by atoms with Gasteiger partial charge >= 0.3 is 0 Å². The Morgan fingerprint density at radius 2 is 2.21 bits per heavy atom. The molecule has 0 radical (unpaired) electrons. The Labute approximate surface area is 80.9 Å². The summed E-state index contributed by atoms with van der Waals surface area (Å²) in [5.74, 6) is -0.577. The van der Waals surface area contributed by atoms with Crippen LogP contribution < -0.4 is 5.32 Å². The van der Waals surface area contributed by atoms with E-state index in [9.17, 15) is 14.5 Å². The van der Waals surface area contributed by atoms with Gasteiger partial charge in [0, 0.05) is 12.6 Å². The van der Waals surface area contributed by atoms with E-state index in [0.29, 0.717) is 12.1 Å². The van der Waals surface area contributed by atoms with Crippen LogP contribution in [0, 0.1) is 15.9 Å². The Hall–Kier alpha value is -1.49. The Balaban J connectivity index is 2.89. The van der Waals surface area contributed by atoms with Crippen molar-refractivity contribution in [2.45, 2.75) is 13.5 Å². The van der Waals surface area contributed by atoms with Crippen molar-refractivity contribution in [3.63, 3.8) is 0 Å². The van der Waals surface area contributed by atoms with E-state index in [1.807, 2.05) is 6.92 Å². The minimum atomic E-state index is -0.599. The van der Waals surface area contributed by atoms with Gasteiger partial charge in [0.15, 0.2) is 0 Å². The van der Waals surface area contributed by atoms with Crippen molar-refractivity contribution in [2.24, 2.45) is 0 Å². The highest BCUT2D eigenvalue weighted by Crippen LogP contribution is 2.15. The van der Waals surface area contributed by atoms with Crippen LogP contribution in [0.15, 0.2) is 18.2 Å².